The monoisotopic (exact) mass is 328 g/mol. The highest BCUT2D eigenvalue weighted by molar-refractivity contribution is 6.39. The summed E-state index contributed by atoms with van der Waals surface area (Å²) in [6, 6.07) is 35.3. The van der Waals surface area contributed by atoms with E-state index in [1.807, 2.05) is 0 Å². The van der Waals surface area contributed by atoms with Gasteiger partial charge >= 0.3 is 0 Å². The summed E-state index contributed by atoms with van der Waals surface area (Å²) in [5.41, 5.74) is 0. The van der Waals surface area contributed by atoms with Gasteiger partial charge in [0.05, 0.1) is 0 Å². The molecule has 6 aromatic rings. The van der Waals surface area contributed by atoms with Gasteiger partial charge in [-0.3, -0.25) is 0 Å². The van der Waals surface area contributed by atoms with E-state index in [2.05, 4.69) is 97.1 Å². The molecule has 0 radical (unpaired) electrons. The van der Waals surface area contributed by atoms with Gasteiger partial charge in [0, 0.05) is 0 Å². The topological polar surface area (TPSA) is 0 Å². The van der Waals surface area contributed by atoms with Crippen LogP contribution >= 0.6 is 0 Å². The van der Waals surface area contributed by atoms with Gasteiger partial charge < -0.3 is 0 Å². The summed E-state index contributed by atoms with van der Waals surface area (Å²) in [4.78, 5) is 0. The van der Waals surface area contributed by atoms with Crippen LogP contribution < -0.4 is 0 Å². The van der Waals surface area contributed by atoms with Crippen LogP contribution in [0, 0.1) is 0 Å². The zero-order valence-corrected chi connectivity index (χ0v) is 14.2. The van der Waals surface area contributed by atoms with Crippen LogP contribution in [0.15, 0.2) is 97.1 Å². The van der Waals surface area contributed by atoms with Crippen molar-refractivity contribution in [1.82, 2.24) is 0 Å². The van der Waals surface area contributed by atoms with Gasteiger partial charge in [-0.2, -0.15) is 0 Å². The molecule has 0 spiro atoms. The van der Waals surface area contributed by atoms with Crippen LogP contribution in [-0.4, -0.2) is 0 Å². The Kier molecular flexibility index (Phi) is 2.70. The Morgan fingerprint density at radius 2 is 0.423 bits per heavy atom. The van der Waals surface area contributed by atoms with E-state index in [1.54, 1.807) is 0 Å². The minimum Gasteiger partial charge on any atom is -0.0616 e. The number of benzene rings is 6. The van der Waals surface area contributed by atoms with Gasteiger partial charge in [-0.15, -0.1) is 0 Å². The van der Waals surface area contributed by atoms with Crippen LogP contribution in [0.4, 0.5) is 0 Å². The molecule has 0 aliphatic carbocycles. The van der Waals surface area contributed by atoms with Crippen LogP contribution in [0.2, 0.25) is 0 Å². The fourth-order valence-electron chi connectivity index (χ4n) is 4.57. The summed E-state index contributed by atoms with van der Waals surface area (Å²) in [5.74, 6) is 0. The van der Waals surface area contributed by atoms with Crippen LogP contribution in [-0.2, 0) is 0 Å². The van der Waals surface area contributed by atoms with E-state index in [4.69, 9.17) is 0 Å². The Balaban J connectivity index is 2.14. The molecular weight excluding hydrogens is 312 g/mol. The lowest BCUT2D eigenvalue weighted by Gasteiger charge is -2.16. The van der Waals surface area contributed by atoms with E-state index in [0.717, 1.165) is 0 Å². The van der Waals surface area contributed by atoms with E-state index in [9.17, 15) is 0 Å². The number of hydrogen-bond acceptors (Lipinski definition) is 0. The molecule has 0 aliphatic rings. The van der Waals surface area contributed by atoms with Crippen molar-refractivity contribution in [1.29, 1.82) is 0 Å². The van der Waals surface area contributed by atoms with Crippen molar-refractivity contribution in [2.45, 2.75) is 0 Å². The van der Waals surface area contributed by atoms with Crippen molar-refractivity contribution in [3.05, 3.63) is 97.1 Å². The molecule has 0 saturated carbocycles. The maximum atomic E-state index is 2.27. The second-order valence-electron chi connectivity index (χ2n) is 6.93. The third-order valence-electron chi connectivity index (χ3n) is 5.62. The van der Waals surface area contributed by atoms with Gasteiger partial charge in [-0.1, -0.05) is 97.1 Å². The lowest BCUT2D eigenvalue weighted by molar-refractivity contribution is 1.78. The minimum atomic E-state index is 1.33. The first kappa shape index (κ1) is 13.9. The molecular formula is C26H16. The smallest absolute Gasteiger partial charge is 0.00139 e. The van der Waals surface area contributed by atoms with E-state index in [0.29, 0.717) is 0 Å². The van der Waals surface area contributed by atoms with Crippen LogP contribution in [0.1, 0.15) is 0 Å². The van der Waals surface area contributed by atoms with Crippen LogP contribution in [0.5, 0.6) is 0 Å². The quantitative estimate of drug-likeness (QED) is 0.254. The van der Waals surface area contributed by atoms with Crippen molar-refractivity contribution >= 4 is 53.9 Å². The lowest BCUT2D eigenvalue weighted by Crippen LogP contribution is -1.87. The summed E-state index contributed by atoms with van der Waals surface area (Å²) < 4.78 is 0. The molecule has 0 aliphatic heterocycles. The maximum absolute atomic E-state index is 2.27. The second kappa shape index (κ2) is 5.06. The van der Waals surface area contributed by atoms with Crippen molar-refractivity contribution in [2.24, 2.45) is 0 Å². The first-order valence-electron chi connectivity index (χ1n) is 9.06. The standard InChI is InChI=1S/C26H16/c1-5-13-21-17(9-1)18-10-2-6-14-22(18)26-24-16-8-4-12-20(24)19-11-3-7-15-23(19)25(21)26/h1-16H. The van der Waals surface area contributed by atoms with Gasteiger partial charge in [-0.25, -0.2) is 0 Å². The number of rotatable bonds is 0. The van der Waals surface area contributed by atoms with Crippen LogP contribution in [0.3, 0.4) is 0 Å². The Morgan fingerprint density at radius 3 is 0.654 bits per heavy atom. The molecule has 0 N–H and O–H groups in total. The summed E-state index contributed by atoms with van der Waals surface area (Å²) in [6.07, 6.45) is 0. The van der Waals surface area contributed by atoms with Crippen LogP contribution in [0.25, 0.3) is 53.9 Å². The van der Waals surface area contributed by atoms with E-state index >= 15 is 0 Å². The fourth-order valence-corrected chi connectivity index (χ4v) is 4.57. The summed E-state index contributed by atoms with van der Waals surface area (Å²) in [5, 5.41) is 13.4. The summed E-state index contributed by atoms with van der Waals surface area (Å²) in [6.45, 7) is 0. The molecule has 0 fully saturated rings. The van der Waals surface area contributed by atoms with Crippen molar-refractivity contribution in [3.8, 4) is 0 Å². The third kappa shape index (κ3) is 1.69. The Hall–Kier alpha value is -3.38. The van der Waals surface area contributed by atoms with Crippen molar-refractivity contribution in [2.75, 3.05) is 0 Å². The predicted octanol–water partition coefficient (Wildman–Crippen LogP) is 7.45. The van der Waals surface area contributed by atoms with Gasteiger partial charge in [0.1, 0.15) is 0 Å². The molecule has 0 heterocycles. The van der Waals surface area contributed by atoms with Crippen molar-refractivity contribution in [3.63, 3.8) is 0 Å². The van der Waals surface area contributed by atoms with Crippen molar-refractivity contribution < 1.29 is 0 Å². The van der Waals surface area contributed by atoms with Gasteiger partial charge in [0.15, 0.2) is 0 Å². The highest BCUT2D eigenvalue weighted by Gasteiger charge is 2.14. The highest BCUT2D eigenvalue weighted by Crippen LogP contribution is 2.43. The number of fused-ring (bicyclic) bond motifs is 11. The molecule has 26 heavy (non-hydrogen) atoms. The number of hydrogen-bond donors (Lipinski definition) is 0. The average molecular weight is 328 g/mol. The first-order chi connectivity index (χ1) is 12.9. The first-order valence-corrected chi connectivity index (χ1v) is 9.06. The van der Waals surface area contributed by atoms with Gasteiger partial charge in [0.2, 0.25) is 0 Å². The van der Waals surface area contributed by atoms with E-state index in [1.165, 1.54) is 53.9 Å². The Morgan fingerprint density at radius 1 is 0.231 bits per heavy atom. The van der Waals surface area contributed by atoms with Gasteiger partial charge in [-0.05, 0) is 53.9 Å². The lowest BCUT2D eigenvalue weighted by atomic mass is 9.87. The highest BCUT2D eigenvalue weighted by atomic mass is 14.2. The molecule has 0 unspecified atom stereocenters. The maximum Gasteiger partial charge on any atom is -0.00139 e. The molecule has 0 heteroatoms. The molecule has 0 atom stereocenters. The van der Waals surface area contributed by atoms with E-state index in [-0.39, 0.29) is 0 Å². The molecule has 0 aromatic heterocycles. The molecule has 120 valence electrons. The second-order valence-corrected chi connectivity index (χ2v) is 6.93. The minimum absolute atomic E-state index is 1.33. The summed E-state index contributed by atoms with van der Waals surface area (Å²) in [7, 11) is 0. The average Bonchev–Trinajstić information content (AvgIpc) is 2.73. The predicted molar refractivity (Wildman–Crippen MR) is 114 cm³/mol. The zero-order valence-electron chi connectivity index (χ0n) is 14.2. The SMILES string of the molecule is c1ccc2c(c1)c1ccccc1c1c3ccccc3c3ccccc3c21. The third-order valence-corrected chi connectivity index (χ3v) is 5.62. The molecule has 6 aromatic carbocycles. The van der Waals surface area contributed by atoms with Gasteiger partial charge in [0.25, 0.3) is 0 Å². The Bertz CT molecular complexity index is 1250. The molecule has 0 saturated heterocycles. The molecule has 6 rings (SSSR count). The normalized spacial score (nSPS) is 11.8. The fraction of sp³-hybridized carbons (Fsp3) is 0. The molecule has 0 nitrogen and oxygen atoms in total. The largest absolute Gasteiger partial charge is 0.0616 e. The zero-order chi connectivity index (χ0) is 17.1. The molecule has 0 bridgehead atoms. The van der Waals surface area contributed by atoms with E-state index < -0.39 is 0 Å². The molecule has 0 amide bonds. The summed E-state index contributed by atoms with van der Waals surface area (Å²) >= 11 is 0. The Labute approximate surface area is 151 Å².